The Bertz CT molecular complexity index is 510. The third-order valence-electron chi connectivity index (χ3n) is 2.89. The zero-order valence-electron chi connectivity index (χ0n) is 9.50. The summed E-state index contributed by atoms with van der Waals surface area (Å²) >= 11 is 0. The molecule has 1 aliphatic rings. The van der Waals surface area contributed by atoms with E-state index in [1.165, 1.54) is 0 Å². The first kappa shape index (κ1) is 10.5. The van der Waals surface area contributed by atoms with Crippen LogP contribution >= 0.6 is 0 Å². The first-order valence-electron chi connectivity index (χ1n) is 5.88. The number of nitrogens with zero attached hydrogens (tertiary/aromatic N) is 2. The Hall–Kier alpha value is -1.68. The van der Waals surface area contributed by atoms with Crippen LogP contribution in [0.15, 0.2) is 30.5 Å². The fraction of sp³-hybridized carbons (Fsp3) is 0.385. The Kier molecular flexibility index (Phi) is 2.88. The Balaban J connectivity index is 1.72. The van der Waals surface area contributed by atoms with Gasteiger partial charge in [-0.3, -0.25) is 0 Å². The van der Waals surface area contributed by atoms with E-state index in [2.05, 4.69) is 9.97 Å². The average molecular weight is 230 g/mol. The number of hydrogen-bond acceptors (Lipinski definition) is 4. The van der Waals surface area contributed by atoms with E-state index in [4.69, 9.17) is 9.47 Å². The van der Waals surface area contributed by atoms with Crippen molar-refractivity contribution in [1.29, 1.82) is 0 Å². The van der Waals surface area contributed by atoms with Gasteiger partial charge in [-0.1, -0.05) is 18.2 Å². The summed E-state index contributed by atoms with van der Waals surface area (Å²) in [7, 11) is 0. The SMILES string of the molecule is c1ccc2nc(OCC3CCCO3)ncc2c1. The summed E-state index contributed by atoms with van der Waals surface area (Å²) in [5.74, 6) is 0. The second kappa shape index (κ2) is 4.67. The summed E-state index contributed by atoms with van der Waals surface area (Å²) in [4.78, 5) is 8.53. The number of aromatic nitrogens is 2. The number of rotatable bonds is 3. The van der Waals surface area contributed by atoms with E-state index in [1.807, 2.05) is 24.3 Å². The standard InChI is InChI=1S/C13H14N2O2/c1-2-6-12-10(4-1)8-14-13(15-12)17-9-11-5-3-7-16-11/h1-2,4,6,8,11H,3,5,7,9H2. The molecular weight excluding hydrogens is 216 g/mol. The summed E-state index contributed by atoms with van der Waals surface area (Å²) in [5, 5.41) is 1.02. The average Bonchev–Trinajstić information content (AvgIpc) is 2.89. The predicted octanol–water partition coefficient (Wildman–Crippen LogP) is 2.19. The number of hydrogen-bond donors (Lipinski definition) is 0. The highest BCUT2D eigenvalue weighted by molar-refractivity contribution is 5.77. The van der Waals surface area contributed by atoms with Crippen LogP contribution in [0.3, 0.4) is 0 Å². The summed E-state index contributed by atoms with van der Waals surface area (Å²) in [6.45, 7) is 1.38. The van der Waals surface area contributed by atoms with Gasteiger partial charge in [-0.2, -0.15) is 4.98 Å². The highest BCUT2D eigenvalue weighted by Gasteiger charge is 2.16. The lowest BCUT2D eigenvalue weighted by molar-refractivity contribution is 0.0647. The van der Waals surface area contributed by atoms with Crippen LogP contribution < -0.4 is 4.74 Å². The molecule has 1 atom stereocenters. The van der Waals surface area contributed by atoms with Crippen molar-refractivity contribution >= 4 is 10.9 Å². The molecule has 88 valence electrons. The second-order valence-electron chi connectivity index (χ2n) is 4.16. The zero-order valence-corrected chi connectivity index (χ0v) is 9.50. The molecule has 2 heterocycles. The first-order chi connectivity index (χ1) is 8.42. The molecule has 0 radical (unpaired) electrons. The van der Waals surface area contributed by atoms with Crippen LogP contribution in [0.2, 0.25) is 0 Å². The fourth-order valence-corrected chi connectivity index (χ4v) is 1.97. The smallest absolute Gasteiger partial charge is 0.317 e. The molecule has 0 spiro atoms. The van der Waals surface area contributed by atoms with Crippen LogP contribution in [0.1, 0.15) is 12.8 Å². The highest BCUT2D eigenvalue weighted by atomic mass is 16.5. The molecule has 4 nitrogen and oxygen atoms in total. The minimum Gasteiger partial charge on any atom is -0.461 e. The molecule has 1 fully saturated rings. The van der Waals surface area contributed by atoms with Gasteiger partial charge in [0.25, 0.3) is 0 Å². The maximum atomic E-state index is 5.55. The second-order valence-corrected chi connectivity index (χ2v) is 4.16. The van der Waals surface area contributed by atoms with Crippen molar-refractivity contribution in [2.75, 3.05) is 13.2 Å². The molecule has 0 bridgehead atoms. The van der Waals surface area contributed by atoms with Crippen LogP contribution in [0.25, 0.3) is 10.9 Å². The first-order valence-corrected chi connectivity index (χ1v) is 5.88. The Labute approximate surface area is 99.6 Å². The lowest BCUT2D eigenvalue weighted by atomic mass is 10.2. The Morgan fingerprint density at radius 1 is 1.35 bits per heavy atom. The molecule has 2 aromatic rings. The van der Waals surface area contributed by atoms with E-state index in [9.17, 15) is 0 Å². The quantitative estimate of drug-likeness (QED) is 0.810. The molecule has 17 heavy (non-hydrogen) atoms. The zero-order chi connectivity index (χ0) is 11.5. The van der Waals surface area contributed by atoms with Gasteiger partial charge in [-0.15, -0.1) is 0 Å². The molecule has 1 saturated heterocycles. The maximum absolute atomic E-state index is 5.55. The van der Waals surface area contributed by atoms with Crippen molar-refractivity contribution in [2.24, 2.45) is 0 Å². The highest BCUT2D eigenvalue weighted by Crippen LogP contribution is 2.15. The van der Waals surface area contributed by atoms with Crippen LogP contribution in [0, 0.1) is 0 Å². The molecule has 1 unspecified atom stereocenters. The van der Waals surface area contributed by atoms with E-state index in [0.717, 1.165) is 30.4 Å². The minimum atomic E-state index is 0.199. The van der Waals surface area contributed by atoms with E-state index < -0.39 is 0 Å². The molecular formula is C13H14N2O2. The van der Waals surface area contributed by atoms with Gasteiger partial charge in [0.05, 0.1) is 11.6 Å². The minimum absolute atomic E-state index is 0.199. The maximum Gasteiger partial charge on any atom is 0.317 e. The van der Waals surface area contributed by atoms with Gasteiger partial charge >= 0.3 is 6.01 Å². The number of para-hydroxylation sites is 1. The molecule has 1 aromatic carbocycles. The normalized spacial score (nSPS) is 19.6. The van der Waals surface area contributed by atoms with Crippen LogP contribution in [0.4, 0.5) is 0 Å². The van der Waals surface area contributed by atoms with Gasteiger partial charge in [0.2, 0.25) is 0 Å². The Morgan fingerprint density at radius 2 is 2.29 bits per heavy atom. The monoisotopic (exact) mass is 230 g/mol. The lowest BCUT2D eigenvalue weighted by Crippen LogP contribution is -2.17. The van der Waals surface area contributed by atoms with Crippen LogP contribution in [-0.4, -0.2) is 29.3 Å². The number of fused-ring (bicyclic) bond motifs is 1. The van der Waals surface area contributed by atoms with Gasteiger partial charge in [-0.05, 0) is 18.9 Å². The van der Waals surface area contributed by atoms with E-state index >= 15 is 0 Å². The molecule has 1 aromatic heterocycles. The van der Waals surface area contributed by atoms with E-state index in [-0.39, 0.29) is 6.10 Å². The van der Waals surface area contributed by atoms with Gasteiger partial charge in [0.1, 0.15) is 6.61 Å². The van der Waals surface area contributed by atoms with E-state index in [1.54, 1.807) is 6.20 Å². The molecule has 0 amide bonds. The van der Waals surface area contributed by atoms with Gasteiger partial charge in [0, 0.05) is 18.2 Å². The molecule has 0 aliphatic carbocycles. The van der Waals surface area contributed by atoms with Crippen molar-refractivity contribution in [3.05, 3.63) is 30.5 Å². The Morgan fingerprint density at radius 3 is 3.18 bits per heavy atom. The van der Waals surface area contributed by atoms with Crippen molar-refractivity contribution in [2.45, 2.75) is 18.9 Å². The van der Waals surface area contributed by atoms with Crippen molar-refractivity contribution < 1.29 is 9.47 Å². The molecule has 0 N–H and O–H groups in total. The summed E-state index contributed by atoms with van der Waals surface area (Å²) < 4.78 is 11.0. The summed E-state index contributed by atoms with van der Waals surface area (Å²) in [6.07, 6.45) is 4.16. The molecule has 4 heteroatoms. The van der Waals surface area contributed by atoms with E-state index in [0.29, 0.717) is 12.6 Å². The number of benzene rings is 1. The third-order valence-corrected chi connectivity index (χ3v) is 2.89. The molecule has 1 aliphatic heterocycles. The summed E-state index contributed by atoms with van der Waals surface area (Å²) in [5.41, 5.74) is 0.907. The molecule has 3 rings (SSSR count). The largest absolute Gasteiger partial charge is 0.461 e. The van der Waals surface area contributed by atoms with Crippen LogP contribution in [0.5, 0.6) is 6.01 Å². The summed E-state index contributed by atoms with van der Waals surface area (Å²) in [6, 6.07) is 8.30. The van der Waals surface area contributed by atoms with Crippen molar-refractivity contribution in [3.8, 4) is 6.01 Å². The van der Waals surface area contributed by atoms with Crippen molar-refractivity contribution in [3.63, 3.8) is 0 Å². The van der Waals surface area contributed by atoms with Gasteiger partial charge in [0.15, 0.2) is 0 Å². The lowest BCUT2D eigenvalue weighted by Gasteiger charge is -2.09. The number of ether oxygens (including phenoxy) is 2. The third kappa shape index (κ3) is 2.36. The predicted molar refractivity (Wildman–Crippen MR) is 64.0 cm³/mol. The topological polar surface area (TPSA) is 44.2 Å². The van der Waals surface area contributed by atoms with Crippen molar-refractivity contribution in [1.82, 2.24) is 9.97 Å². The molecule has 0 saturated carbocycles. The van der Waals surface area contributed by atoms with Crippen LogP contribution in [-0.2, 0) is 4.74 Å². The fourth-order valence-electron chi connectivity index (χ4n) is 1.97. The van der Waals surface area contributed by atoms with Gasteiger partial charge in [-0.25, -0.2) is 4.98 Å². The van der Waals surface area contributed by atoms with Gasteiger partial charge < -0.3 is 9.47 Å².